The Bertz CT molecular complexity index is 1290. The van der Waals surface area contributed by atoms with Crippen LogP contribution in [-0.4, -0.2) is 40.4 Å². The van der Waals surface area contributed by atoms with Crippen LogP contribution < -0.4 is 10.2 Å². The molecule has 4 rings (SSSR count). The fourth-order valence-electron chi connectivity index (χ4n) is 4.51. The first-order chi connectivity index (χ1) is 16.7. The number of alkyl halides is 5. The van der Waals surface area contributed by atoms with E-state index < -0.39 is 45.6 Å². The highest BCUT2D eigenvalue weighted by Crippen LogP contribution is 2.48. The Hall–Kier alpha value is -2.76. The van der Waals surface area contributed by atoms with Gasteiger partial charge in [0.25, 0.3) is 5.91 Å². The molecule has 1 aliphatic heterocycles. The highest BCUT2D eigenvalue weighted by Gasteiger charge is 2.44. The van der Waals surface area contributed by atoms with Crippen LogP contribution in [0.1, 0.15) is 65.2 Å². The fourth-order valence-corrected chi connectivity index (χ4v) is 5.20. The Kier molecular flexibility index (Phi) is 6.78. The smallest absolute Gasteiger partial charge is 0.356 e. The van der Waals surface area contributed by atoms with Crippen molar-refractivity contribution in [1.29, 1.82) is 4.78 Å². The summed E-state index contributed by atoms with van der Waals surface area (Å²) >= 11 is 0. The van der Waals surface area contributed by atoms with Gasteiger partial charge in [0, 0.05) is 48.7 Å². The molecule has 1 aromatic heterocycles. The minimum atomic E-state index is -4.76. The van der Waals surface area contributed by atoms with Gasteiger partial charge >= 0.3 is 6.18 Å². The van der Waals surface area contributed by atoms with Crippen molar-refractivity contribution in [3.63, 3.8) is 0 Å². The van der Waals surface area contributed by atoms with Crippen LogP contribution in [0.4, 0.5) is 33.5 Å². The van der Waals surface area contributed by atoms with E-state index in [1.54, 1.807) is 0 Å². The van der Waals surface area contributed by atoms with E-state index >= 15 is 0 Å². The summed E-state index contributed by atoms with van der Waals surface area (Å²) in [6.45, 7) is 1.19. The summed E-state index contributed by atoms with van der Waals surface area (Å²) < 4.78 is 90.4. The molecule has 6 nitrogen and oxygen atoms in total. The molecule has 2 aromatic rings. The Balaban J connectivity index is 1.83. The van der Waals surface area contributed by atoms with Crippen LogP contribution >= 0.6 is 0 Å². The number of benzene rings is 1. The number of hydrogen-bond donors (Lipinski definition) is 2. The fraction of sp³-hybridized carbons (Fsp3) is 0.500. The molecule has 1 saturated carbocycles. The Morgan fingerprint density at radius 3 is 2.53 bits per heavy atom. The summed E-state index contributed by atoms with van der Waals surface area (Å²) in [5.74, 6) is -4.21. The maximum Gasteiger partial charge on any atom is 0.418 e. The first-order valence-electron chi connectivity index (χ1n) is 11.6. The quantitative estimate of drug-likeness (QED) is 0.451. The molecule has 0 spiro atoms. The standard InChI is InChI=1S/C24H27F5N4O2S/c1-14-18(22(34)31-16-5-3-6-17(13-16)36(2,30)35)21(33-11-4-9-23(25,26)10-12-33)32-20(15-7-8-15)19(14)24(27,28)29/h3,5-6,13,15,30H,4,7-12H2,1-2H3,(H,31,34)/t36-/m0/s1. The largest absolute Gasteiger partial charge is 0.418 e. The lowest BCUT2D eigenvalue weighted by Crippen LogP contribution is -2.31. The number of anilines is 2. The van der Waals surface area contributed by atoms with Crippen LogP contribution in [0.5, 0.6) is 0 Å². The van der Waals surface area contributed by atoms with Crippen LogP contribution in [0.3, 0.4) is 0 Å². The van der Waals surface area contributed by atoms with Crippen molar-refractivity contribution >= 4 is 27.1 Å². The molecule has 1 atom stereocenters. The number of carbonyl (C=O) groups is 1. The van der Waals surface area contributed by atoms with Gasteiger partial charge in [-0.3, -0.25) is 4.79 Å². The van der Waals surface area contributed by atoms with Gasteiger partial charge in [-0.2, -0.15) is 13.2 Å². The number of aromatic nitrogens is 1. The van der Waals surface area contributed by atoms with Gasteiger partial charge in [0.1, 0.15) is 5.82 Å². The number of halogens is 5. The molecule has 1 saturated heterocycles. The zero-order chi connectivity index (χ0) is 26.5. The zero-order valence-electron chi connectivity index (χ0n) is 19.8. The minimum absolute atomic E-state index is 0.0338. The first-order valence-corrected chi connectivity index (χ1v) is 13.5. The van der Waals surface area contributed by atoms with Crippen LogP contribution in [0.25, 0.3) is 0 Å². The summed E-state index contributed by atoms with van der Waals surface area (Å²) in [7, 11) is -3.10. The van der Waals surface area contributed by atoms with Crippen LogP contribution in [0.15, 0.2) is 29.2 Å². The second kappa shape index (κ2) is 9.28. The molecule has 1 aliphatic carbocycles. The lowest BCUT2D eigenvalue weighted by Gasteiger charge is -2.28. The van der Waals surface area contributed by atoms with Crippen LogP contribution in [-0.2, 0) is 15.9 Å². The molecule has 2 fully saturated rings. The molecule has 0 unspecified atom stereocenters. The van der Waals surface area contributed by atoms with E-state index in [4.69, 9.17) is 4.78 Å². The van der Waals surface area contributed by atoms with E-state index in [1.165, 1.54) is 42.3 Å². The molecule has 0 radical (unpaired) electrons. The van der Waals surface area contributed by atoms with Gasteiger partial charge in [0.2, 0.25) is 5.92 Å². The molecule has 2 heterocycles. The summed E-state index contributed by atoms with van der Waals surface area (Å²) in [5.41, 5.74) is -1.60. The highest BCUT2D eigenvalue weighted by molar-refractivity contribution is 7.91. The lowest BCUT2D eigenvalue weighted by atomic mass is 9.97. The van der Waals surface area contributed by atoms with Crippen molar-refractivity contribution in [2.75, 3.05) is 29.6 Å². The normalized spacial score (nSPS) is 19.9. The Morgan fingerprint density at radius 2 is 1.92 bits per heavy atom. The third kappa shape index (κ3) is 5.63. The van der Waals surface area contributed by atoms with Crippen LogP contribution in [0.2, 0.25) is 0 Å². The summed E-state index contributed by atoms with van der Waals surface area (Å²) in [5, 5.41) is 2.54. The number of rotatable bonds is 5. The molecule has 1 amide bonds. The number of pyridine rings is 1. The molecule has 36 heavy (non-hydrogen) atoms. The molecule has 12 heteroatoms. The SMILES string of the molecule is Cc1c(C(=O)Nc2cccc([S@@](C)(=N)=O)c2)c(N2CCCC(F)(F)CC2)nc(C2CC2)c1C(F)(F)F. The molecular weight excluding hydrogens is 503 g/mol. The summed E-state index contributed by atoms with van der Waals surface area (Å²) in [4.78, 5) is 19.4. The van der Waals surface area contributed by atoms with Crippen molar-refractivity contribution in [3.05, 3.63) is 46.6 Å². The van der Waals surface area contributed by atoms with Crippen molar-refractivity contribution in [2.24, 2.45) is 0 Å². The molecule has 2 aliphatic rings. The van der Waals surface area contributed by atoms with E-state index in [-0.39, 0.29) is 59.2 Å². The molecule has 1 aromatic carbocycles. The van der Waals surface area contributed by atoms with Gasteiger partial charge in [-0.05, 0) is 49.9 Å². The Labute approximate surface area is 206 Å². The van der Waals surface area contributed by atoms with Crippen molar-refractivity contribution < 1.29 is 31.0 Å². The van der Waals surface area contributed by atoms with E-state index in [1.807, 2.05) is 0 Å². The molecule has 0 bridgehead atoms. The summed E-state index contributed by atoms with van der Waals surface area (Å²) in [6, 6.07) is 5.71. The maximum absolute atomic E-state index is 14.2. The minimum Gasteiger partial charge on any atom is -0.356 e. The Morgan fingerprint density at radius 1 is 1.22 bits per heavy atom. The van der Waals surface area contributed by atoms with Crippen molar-refractivity contribution in [3.8, 4) is 0 Å². The maximum atomic E-state index is 14.2. The average Bonchev–Trinajstić information content (AvgIpc) is 3.60. The third-order valence-electron chi connectivity index (χ3n) is 6.49. The molecule has 2 N–H and O–H groups in total. The van der Waals surface area contributed by atoms with Crippen LogP contribution in [0, 0.1) is 11.7 Å². The van der Waals surface area contributed by atoms with E-state index in [9.17, 15) is 31.0 Å². The second-order valence-electron chi connectivity index (χ2n) is 9.49. The van der Waals surface area contributed by atoms with Gasteiger partial charge in [0.15, 0.2) is 0 Å². The van der Waals surface area contributed by atoms with Crippen molar-refractivity contribution in [2.45, 2.75) is 61.9 Å². The average molecular weight is 531 g/mol. The second-order valence-corrected chi connectivity index (χ2v) is 11.6. The van der Waals surface area contributed by atoms with Gasteiger partial charge in [-0.25, -0.2) is 22.8 Å². The number of nitrogens with zero attached hydrogens (tertiary/aromatic N) is 2. The first kappa shape index (κ1) is 26.3. The zero-order valence-corrected chi connectivity index (χ0v) is 20.7. The van der Waals surface area contributed by atoms with E-state index in [0.29, 0.717) is 12.8 Å². The van der Waals surface area contributed by atoms with Crippen molar-refractivity contribution in [1.82, 2.24) is 4.98 Å². The van der Waals surface area contributed by atoms with Gasteiger partial charge in [0.05, 0.1) is 26.5 Å². The topological polar surface area (TPSA) is 86.2 Å². The molecule has 196 valence electrons. The van der Waals surface area contributed by atoms with E-state index in [0.717, 1.165) is 0 Å². The predicted molar refractivity (Wildman–Crippen MR) is 126 cm³/mol. The third-order valence-corrected chi connectivity index (χ3v) is 7.64. The monoisotopic (exact) mass is 530 g/mol. The lowest BCUT2D eigenvalue weighted by molar-refractivity contribution is -0.139. The summed E-state index contributed by atoms with van der Waals surface area (Å²) in [6.07, 6.45) is -3.22. The number of hydrogen-bond acceptors (Lipinski definition) is 5. The number of carbonyl (C=O) groups excluding carboxylic acids is 1. The van der Waals surface area contributed by atoms with Gasteiger partial charge in [-0.1, -0.05) is 6.07 Å². The van der Waals surface area contributed by atoms with Gasteiger partial charge in [-0.15, -0.1) is 0 Å². The highest BCUT2D eigenvalue weighted by atomic mass is 32.2. The number of nitrogens with one attached hydrogen (secondary N) is 2. The number of amides is 1. The molecular formula is C24H27F5N4O2S. The van der Waals surface area contributed by atoms with E-state index in [2.05, 4.69) is 10.3 Å². The predicted octanol–water partition coefficient (Wildman–Crippen LogP) is 6.20. The van der Waals surface area contributed by atoms with Gasteiger partial charge < -0.3 is 10.2 Å².